The van der Waals surface area contributed by atoms with Gasteiger partial charge < -0.3 is 0 Å². The first-order valence-electron chi connectivity index (χ1n) is 6.02. The van der Waals surface area contributed by atoms with E-state index in [0.29, 0.717) is 4.83 Å². The van der Waals surface area contributed by atoms with Crippen LogP contribution < -0.4 is 0 Å². The van der Waals surface area contributed by atoms with Gasteiger partial charge in [-0.3, -0.25) is 0 Å². The van der Waals surface area contributed by atoms with Crippen LogP contribution in [0.3, 0.4) is 0 Å². The molecule has 0 nitrogen and oxygen atoms in total. The van der Waals surface area contributed by atoms with E-state index >= 15 is 0 Å². The van der Waals surface area contributed by atoms with E-state index in [4.69, 9.17) is 0 Å². The van der Waals surface area contributed by atoms with Gasteiger partial charge in [0.1, 0.15) is 0 Å². The molecule has 0 bridgehead atoms. The molecule has 2 rings (SSSR count). The SMILES string of the molecule is Cc1ccc(CC(Br)c2cccc(I)c2)cc1C. The van der Waals surface area contributed by atoms with Crippen molar-refractivity contribution in [3.05, 3.63) is 68.3 Å². The summed E-state index contributed by atoms with van der Waals surface area (Å²) in [6.45, 7) is 4.33. The first-order chi connectivity index (χ1) is 8.56. The van der Waals surface area contributed by atoms with E-state index in [2.05, 4.69) is 94.8 Å². The van der Waals surface area contributed by atoms with Gasteiger partial charge in [0.25, 0.3) is 0 Å². The fourth-order valence-electron chi connectivity index (χ4n) is 1.96. The van der Waals surface area contributed by atoms with Gasteiger partial charge in [-0.2, -0.15) is 0 Å². The van der Waals surface area contributed by atoms with Crippen LogP contribution >= 0.6 is 38.5 Å². The Morgan fingerprint density at radius 3 is 2.50 bits per heavy atom. The molecular weight excluding hydrogens is 399 g/mol. The van der Waals surface area contributed by atoms with Crippen molar-refractivity contribution in [3.63, 3.8) is 0 Å². The zero-order valence-corrected chi connectivity index (χ0v) is 14.3. The summed E-state index contributed by atoms with van der Waals surface area (Å²) in [7, 11) is 0. The Morgan fingerprint density at radius 1 is 1.06 bits per heavy atom. The molecule has 2 aromatic rings. The molecular formula is C16H16BrI. The van der Waals surface area contributed by atoms with Crippen LogP contribution in [0.4, 0.5) is 0 Å². The van der Waals surface area contributed by atoms with E-state index < -0.39 is 0 Å². The third-order valence-electron chi connectivity index (χ3n) is 3.20. The molecule has 0 aliphatic carbocycles. The number of hydrogen-bond donors (Lipinski definition) is 0. The largest absolute Gasteiger partial charge is 0.0835 e. The Bertz CT molecular complexity index is 549. The van der Waals surface area contributed by atoms with Crippen LogP contribution in [0.2, 0.25) is 0 Å². The van der Waals surface area contributed by atoms with Crippen LogP contribution in [0, 0.1) is 17.4 Å². The normalized spacial score (nSPS) is 12.4. The smallest absolute Gasteiger partial charge is 0.0436 e. The molecule has 18 heavy (non-hydrogen) atoms. The van der Waals surface area contributed by atoms with Crippen molar-refractivity contribution in [2.45, 2.75) is 25.1 Å². The molecule has 0 spiro atoms. The standard InChI is InChI=1S/C16H16BrI/c1-11-6-7-13(8-12(11)2)9-16(17)14-4-3-5-15(18)10-14/h3-8,10,16H,9H2,1-2H3. The van der Waals surface area contributed by atoms with Gasteiger partial charge in [-0.1, -0.05) is 46.3 Å². The zero-order chi connectivity index (χ0) is 13.1. The monoisotopic (exact) mass is 414 g/mol. The number of hydrogen-bond acceptors (Lipinski definition) is 0. The second kappa shape index (κ2) is 6.20. The molecule has 2 heteroatoms. The van der Waals surface area contributed by atoms with Crippen molar-refractivity contribution < 1.29 is 0 Å². The Labute approximate surface area is 131 Å². The van der Waals surface area contributed by atoms with Gasteiger partial charge in [0.2, 0.25) is 0 Å². The Hall–Kier alpha value is -0.350. The number of rotatable bonds is 3. The maximum Gasteiger partial charge on any atom is 0.0436 e. The average Bonchev–Trinajstić information content (AvgIpc) is 2.34. The van der Waals surface area contributed by atoms with Crippen LogP contribution in [0.15, 0.2) is 42.5 Å². The van der Waals surface area contributed by atoms with Crippen LogP contribution in [0.25, 0.3) is 0 Å². The highest BCUT2D eigenvalue weighted by Gasteiger charge is 2.09. The molecule has 0 aromatic heterocycles. The molecule has 0 aliphatic heterocycles. The van der Waals surface area contributed by atoms with Gasteiger partial charge >= 0.3 is 0 Å². The fourth-order valence-corrected chi connectivity index (χ4v) is 3.18. The Balaban J connectivity index is 2.16. The lowest BCUT2D eigenvalue weighted by Gasteiger charge is -2.12. The lowest BCUT2D eigenvalue weighted by molar-refractivity contribution is 0.944. The molecule has 0 aliphatic rings. The summed E-state index contributed by atoms with van der Waals surface area (Å²) in [5, 5.41) is 0. The summed E-state index contributed by atoms with van der Waals surface area (Å²) < 4.78 is 1.29. The number of benzene rings is 2. The first-order valence-corrected chi connectivity index (χ1v) is 8.01. The van der Waals surface area contributed by atoms with Crippen molar-refractivity contribution >= 4 is 38.5 Å². The predicted molar refractivity (Wildman–Crippen MR) is 90.4 cm³/mol. The summed E-state index contributed by atoms with van der Waals surface area (Å²) >= 11 is 6.16. The predicted octanol–water partition coefficient (Wildman–Crippen LogP) is 5.59. The summed E-state index contributed by atoms with van der Waals surface area (Å²) in [6, 6.07) is 15.4. The zero-order valence-electron chi connectivity index (χ0n) is 10.6. The van der Waals surface area contributed by atoms with E-state index in [1.165, 1.54) is 25.8 Å². The van der Waals surface area contributed by atoms with Gasteiger partial charge in [-0.15, -0.1) is 0 Å². The summed E-state index contributed by atoms with van der Waals surface area (Å²) in [5.74, 6) is 0. The highest BCUT2D eigenvalue weighted by atomic mass is 127. The van der Waals surface area contributed by atoms with E-state index in [-0.39, 0.29) is 0 Å². The van der Waals surface area contributed by atoms with E-state index in [1.54, 1.807) is 0 Å². The van der Waals surface area contributed by atoms with Gasteiger partial charge in [-0.25, -0.2) is 0 Å². The fraction of sp³-hybridized carbons (Fsp3) is 0.250. The molecule has 0 saturated heterocycles. The van der Waals surface area contributed by atoms with Crippen LogP contribution in [0.1, 0.15) is 27.1 Å². The van der Waals surface area contributed by atoms with Crippen molar-refractivity contribution in [2.75, 3.05) is 0 Å². The third-order valence-corrected chi connectivity index (χ3v) is 4.72. The summed E-state index contributed by atoms with van der Waals surface area (Å²) in [6.07, 6.45) is 1.03. The van der Waals surface area contributed by atoms with Gasteiger partial charge in [-0.05, 0) is 77.2 Å². The minimum absolute atomic E-state index is 0.384. The number of alkyl halides is 1. The molecule has 94 valence electrons. The lowest BCUT2D eigenvalue weighted by Crippen LogP contribution is -1.97. The lowest BCUT2D eigenvalue weighted by atomic mass is 10.0. The second-order valence-corrected chi connectivity index (χ2v) is 7.00. The van der Waals surface area contributed by atoms with Crippen LogP contribution in [0.5, 0.6) is 0 Å². The number of halogens is 2. The highest BCUT2D eigenvalue weighted by Crippen LogP contribution is 2.28. The topological polar surface area (TPSA) is 0 Å². The Kier molecular flexibility index (Phi) is 4.84. The summed E-state index contributed by atoms with van der Waals surface area (Å²) in [4.78, 5) is 0.384. The molecule has 0 fully saturated rings. The van der Waals surface area contributed by atoms with Crippen molar-refractivity contribution in [2.24, 2.45) is 0 Å². The van der Waals surface area contributed by atoms with Gasteiger partial charge in [0.15, 0.2) is 0 Å². The minimum atomic E-state index is 0.384. The van der Waals surface area contributed by atoms with E-state index in [0.717, 1.165) is 6.42 Å². The van der Waals surface area contributed by atoms with Crippen LogP contribution in [-0.2, 0) is 6.42 Å². The molecule has 0 radical (unpaired) electrons. The minimum Gasteiger partial charge on any atom is -0.0835 e. The average molecular weight is 415 g/mol. The van der Waals surface area contributed by atoms with Gasteiger partial charge in [0, 0.05) is 8.40 Å². The van der Waals surface area contributed by atoms with Crippen molar-refractivity contribution in [1.29, 1.82) is 0 Å². The van der Waals surface area contributed by atoms with Crippen molar-refractivity contribution in [3.8, 4) is 0 Å². The molecule has 0 amide bonds. The number of aryl methyl sites for hydroxylation is 2. The second-order valence-electron chi connectivity index (χ2n) is 4.65. The quantitative estimate of drug-likeness (QED) is 0.453. The van der Waals surface area contributed by atoms with Crippen molar-refractivity contribution in [1.82, 2.24) is 0 Å². The van der Waals surface area contributed by atoms with E-state index in [9.17, 15) is 0 Å². The van der Waals surface area contributed by atoms with Gasteiger partial charge in [0.05, 0.1) is 0 Å². The molecule has 0 saturated carbocycles. The molecule has 1 atom stereocenters. The third kappa shape index (κ3) is 3.58. The highest BCUT2D eigenvalue weighted by molar-refractivity contribution is 14.1. The molecule has 1 unspecified atom stereocenters. The maximum absolute atomic E-state index is 3.80. The molecule has 2 aromatic carbocycles. The molecule has 0 N–H and O–H groups in total. The summed E-state index contributed by atoms with van der Waals surface area (Å²) in [5.41, 5.74) is 5.47. The van der Waals surface area contributed by atoms with Crippen LogP contribution in [-0.4, -0.2) is 0 Å². The first kappa shape index (κ1) is 14.1. The van der Waals surface area contributed by atoms with E-state index in [1.807, 2.05) is 0 Å². The maximum atomic E-state index is 3.80. The molecule has 0 heterocycles. The Morgan fingerprint density at radius 2 is 1.83 bits per heavy atom.